The molecule has 27 heavy (non-hydrogen) atoms. The number of aryl methyl sites for hydroxylation is 1. The van der Waals surface area contributed by atoms with Gasteiger partial charge in [-0.15, -0.1) is 10.2 Å². The first kappa shape index (κ1) is 16.5. The quantitative estimate of drug-likeness (QED) is 0.738. The molecule has 7 nitrogen and oxygen atoms in total. The number of hydrogen-bond donors (Lipinski definition) is 1. The third-order valence-corrected chi connectivity index (χ3v) is 5.55. The van der Waals surface area contributed by atoms with E-state index in [0.717, 1.165) is 35.4 Å². The molecule has 0 atom stereocenters. The third kappa shape index (κ3) is 2.92. The Hall–Kier alpha value is -2.67. The molecule has 1 fully saturated rings. The molecule has 1 aliphatic carbocycles. The van der Waals surface area contributed by atoms with E-state index < -0.39 is 0 Å². The molecular formula is C19H20ClN7. The highest BCUT2D eigenvalue weighted by molar-refractivity contribution is 6.30. The number of halogens is 1. The van der Waals surface area contributed by atoms with Gasteiger partial charge in [-0.1, -0.05) is 30.5 Å². The van der Waals surface area contributed by atoms with Crippen LogP contribution in [0.25, 0.3) is 5.69 Å². The minimum atomic E-state index is 0.489. The molecule has 2 aromatic heterocycles. The number of benzene rings is 1. The largest absolute Gasteiger partial charge is 0.344 e. The zero-order valence-corrected chi connectivity index (χ0v) is 15.8. The molecule has 0 bridgehead atoms. The lowest BCUT2D eigenvalue weighted by Gasteiger charge is -2.35. The molecule has 3 heterocycles. The zero-order chi connectivity index (χ0) is 18.4. The van der Waals surface area contributed by atoms with Crippen LogP contribution in [0.3, 0.4) is 0 Å². The molecule has 1 aromatic carbocycles. The lowest BCUT2D eigenvalue weighted by Crippen LogP contribution is -2.38. The lowest BCUT2D eigenvalue weighted by atomic mass is 10.1. The van der Waals surface area contributed by atoms with Gasteiger partial charge in [0.05, 0.1) is 12.7 Å². The van der Waals surface area contributed by atoms with Gasteiger partial charge in [0.2, 0.25) is 5.95 Å². The van der Waals surface area contributed by atoms with Crippen molar-refractivity contribution in [3.8, 4) is 5.69 Å². The summed E-state index contributed by atoms with van der Waals surface area (Å²) in [7, 11) is 0. The van der Waals surface area contributed by atoms with Gasteiger partial charge in [0, 0.05) is 16.8 Å². The van der Waals surface area contributed by atoms with Crippen LogP contribution in [0.5, 0.6) is 0 Å². The Balaban J connectivity index is 1.57. The minimum absolute atomic E-state index is 0.489. The van der Waals surface area contributed by atoms with Gasteiger partial charge >= 0.3 is 0 Å². The van der Waals surface area contributed by atoms with Crippen LogP contribution in [-0.4, -0.2) is 30.8 Å². The molecule has 0 saturated heterocycles. The van der Waals surface area contributed by atoms with E-state index in [-0.39, 0.29) is 0 Å². The maximum atomic E-state index is 6.09. The Bertz CT molecular complexity index is 993. The maximum absolute atomic E-state index is 6.09. The highest BCUT2D eigenvalue weighted by Gasteiger charge is 2.33. The number of rotatable bonds is 3. The van der Waals surface area contributed by atoms with Crippen LogP contribution < -0.4 is 10.2 Å². The number of anilines is 3. The Kier molecular flexibility index (Phi) is 3.97. The Morgan fingerprint density at radius 1 is 1.19 bits per heavy atom. The first-order valence-electron chi connectivity index (χ1n) is 9.26. The Labute approximate surface area is 162 Å². The van der Waals surface area contributed by atoms with Crippen molar-refractivity contribution in [2.75, 3.05) is 10.2 Å². The predicted octanol–water partition coefficient (Wildman–Crippen LogP) is 4.03. The summed E-state index contributed by atoms with van der Waals surface area (Å²) in [5, 5.41) is 12.6. The summed E-state index contributed by atoms with van der Waals surface area (Å²) in [6.45, 7) is 2.69. The van der Waals surface area contributed by atoms with Gasteiger partial charge in [-0.3, -0.25) is 4.57 Å². The van der Waals surface area contributed by atoms with Crippen molar-refractivity contribution in [2.24, 2.45) is 0 Å². The summed E-state index contributed by atoms with van der Waals surface area (Å²) in [5.41, 5.74) is 1.81. The van der Waals surface area contributed by atoms with E-state index in [1.807, 2.05) is 37.4 Å². The van der Waals surface area contributed by atoms with Crippen LogP contribution >= 0.6 is 11.6 Å². The summed E-state index contributed by atoms with van der Waals surface area (Å²) < 4.78 is 2.06. The van der Waals surface area contributed by atoms with Crippen LogP contribution in [-0.2, 0) is 6.54 Å². The number of fused-ring (bicyclic) bond motifs is 3. The molecule has 2 aliphatic rings. The summed E-state index contributed by atoms with van der Waals surface area (Å²) in [6, 6.07) is 8.05. The summed E-state index contributed by atoms with van der Waals surface area (Å²) >= 11 is 6.09. The third-order valence-electron chi connectivity index (χ3n) is 5.31. The molecule has 0 unspecified atom stereocenters. The van der Waals surface area contributed by atoms with Crippen molar-refractivity contribution in [3.05, 3.63) is 47.1 Å². The van der Waals surface area contributed by atoms with Crippen molar-refractivity contribution < 1.29 is 0 Å². The highest BCUT2D eigenvalue weighted by Crippen LogP contribution is 2.36. The molecule has 0 amide bonds. The summed E-state index contributed by atoms with van der Waals surface area (Å²) in [6.07, 6.45) is 6.76. The maximum Gasteiger partial charge on any atom is 0.229 e. The number of nitrogens with one attached hydrogen (secondary N) is 1. The number of nitrogens with zero attached hydrogens (tertiary/aromatic N) is 6. The molecule has 5 rings (SSSR count). The molecule has 1 N–H and O–H groups in total. The van der Waals surface area contributed by atoms with Crippen molar-refractivity contribution in [3.63, 3.8) is 0 Å². The number of aromatic nitrogens is 5. The molecule has 1 saturated carbocycles. The van der Waals surface area contributed by atoms with E-state index in [4.69, 9.17) is 16.6 Å². The molecular weight excluding hydrogens is 362 g/mol. The Morgan fingerprint density at radius 2 is 2.04 bits per heavy atom. The first-order chi connectivity index (χ1) is 13.2. The fourth-order valence-electron chi connectivity index (χ4n) is 4.06. The van der Waals surface area contributed by atoms with Gasteiger partial charge in [-0.05, 0) is 38.0 Å². The van der Waals surface area contributed by atoms with Crippen LogP contribution in [0, 0.1) is 6.92 Å². The SMILES string of the molecule is Cc1nnc2n1-c1cnc(Nc3cccc(Cl)c3)nc1N(C1CCCC1)C2. The van der Waals surface area contributed by atoms with Gasteiger partial charge in [-0.25, -0.2) is 4.98 Å². The fraction of sp³-hybridized carbons (Fsp3) is 0.368. The normalized spacial score (nSPS) is 16.3. The summed E-state index contributed by atoms with van der Waals surface area (Å²) in [4.78, 5) is 11.8. The van der Waals surface area contributed by atoms with Crippen LogP contribution in [0.15, 0.2) is 30.5 Å². The van der Waals surface area contributed by atoms with Crippen molar-refractivity contribution in [2.45, 2.75) is 45.2 Å². The van der Waals surface area contributed by atoms with E-state index in [2.05, 4.69) is 30.0 Å². The minimum Gasteiger partial charge on any atom is -0.344 e. The predicted molar refractivity (Wildman–Crippen MR) is 105 cm³/mol. The van der Waals surface area contributed by atoms with Crippen molar-refractivity contribution in [1.82, 2.24) is 24.7 Å². The zero-order valence-electron chi connectivity index (χ0n) is 15.1. The van der Waals surface area contributed by atoms with Gasteiger partial charge in [0.1, 0.15) is 11.5 Å². The van der Waals surface area contributed by atoms with E-state index in [1.165, 1.54) is 25.7 Å². The number of hydrogen-bond acceptors (Lipinski definition) is 6. The van der Waals surface area contributed by atoms with Gasteiger partial charge < -0.3 is 10.2 Å². The van der Waals surface area contributed by atoms with Crippen molar-refractivity contribution in [1.29, 1.82) is 0 Å². The molecule has 0 radical (unpaired) electrons. The molecule has 3 aromatic rings. The molecule has 8 heteroatoms. The van der Waals surface area contributed by atoms with Crippen LogP contribution in [0.1, 0.15) is 37.3 Å². The van der Waals surface area contributed by atoms with E-state index in [9.17, 15) is 0 Å². The van der Waals surface area contributed by atoms with E-state index in [1.54, 1.807) is 0 Å². The van der Waals surface area contributed by atoms with Gasteiger partial charge in [-0.2, -0.15) is 4.98 Å². The fourth-order valence-corrected chi connectivity index (χ4v) is 4.25. The first-order valence-corrected chi connectivity index (χ1v) is 9.64. The highest BCUT2D eigenvalue weighted by atomic mass is 35.5. The van der Waals surface area contributed by atoms with Gasteiger partial charge in [0.25, 0.3) is 0 Å². The Morgan fingerprint density at radius 3 is 2.85 bits per heavy atom. The average molecular weight is 382 g/mol. The lowest BCUT2D eigenvalue weighted by molar-refractivity contribution is 0.566. The van der Waals surface area contributed by atoms with E-state index >= 15 is 0 Å². The second-order valence-corrected chi connectivity index (χ2v) is 7.54. The van der Waals surface area contributed by atoms with Crippen molar-refractivity contribution >= 4 is 29.1 Å². The smallest absolute Gasteiger partial charge is 0.229 e. The monoisotopic (exact) mass is 381 g/mol. The standard InChI is InChI=1S/C19H20ClN7/c1-12-24-25-17-11-26(15-7-2-3-8-15)18-16(27(12)17)10-21-19(23-18)22-14-6-4-5-13(20)9-14/h4-6,9-10,15H,2-3,7-8,11H2,1H3,(H,21,22,23). The topological polar surface area (TPSA) is 71.8 Å². The van der Waals surface area contributed by atoms with E-state index in [0.29, 0.717) is 17.0 Å². The second-order valence-electron chi connectivity index (χ2n) is 7.10. The summed E-state index contributed by atoms with van der Waals surface area (Å²) in [5.74, 6) is 3.31. The second kappa shape index (κ2) is 6.49. The molecule has 1 aliphatic heterocycles. The molecule has 138 valence electrons. The van der Waals surface area contributed by atoms with Gasteiger partial charge in [0.15, 0.2) is 11.6 Å². The van der Waals surface area contributed by atoms with Crippen LogP contribution in [0.2, 0.25) is 5.02 Å². The average Bonchev–Trinajstić information content (AvgIpc) is 3.31. The molecule has 0 spiro atoms. The van der Waals surface area contributed by atoms with Crippen LogP contribution in [0.4, 0.5) is 17.5 Å².